The van der Waals surface area contributed by atoms with Gasteiger partial charge in [0.15, 0.2) is 0 Å². The Bertz CT molecular complexity index is 691. The maximum atomic E-state index is 10.8. The molecular weight excluding hydrogens is 260 g/mol. The molecule has 1 aromatic heterocycles. The van der Waals surface area contributed by atoms with Crippen LogP contribution >= 0.6 is 0 Å². The third-order valence-corrected chi connectivity index (χ3v) is 4.92. The Balaban J connectivity index is 1.95. The summed E-state index contributed by atoms with van der Waals surface area (Å²) in [5.41, 5.74) is 1.11. The first kappa shape index (κ1) is 14.0. The number of hydrogen-bond donors (Lipinski definition) is 1. The van der Waals surface area contributed by atoms with Crippen LogP contribution in [0.4, 0.5) is 0 Å². The number of benzene rings is 1. The quantitative estimate of drug-likeness (QED) is 0.924. The SMILES string of the molecule is CCC1CCC(C#N)(C(O)c2ccc3ncccc3c2)C1. The number of nitriles is 1. The minimum atomic E-state index is -0.719. The van der Waals surface area contributed by atoms with Crippen LogP contribution < -0.4 is 0 Å². The van der Waals surface area contributed by atoms with Crippen molar-refractivity contribution >= 4 is 10.9 Å². The number of rotatable bonds is 3. The molecular formula is C18H20N2O. The van der Waals surface area contributed by atoms with E-state index >= 15 is 0 Å². The summed E-state index contributed by atoms with van der Waals surface area (Å²) in [7, 11) is 0. The van der Waals surface area contributed by atoms with Crippen molar-refractivity contribution in [3.8, 4) is 6.07 Å². The van der Waals surface area contributed by atoms with Crippen molar-refractivity contribution < 1.29 is 5.11 Å². The molecule has 1 saturated carbocycles. The van der Waals surface area contributed by atoms with E-state index in [1.165, 1.54) is 0 Å². The highest BCUT2D eigenvalue weighted by atomic mass is 16.3. The second kappa shape index (κ2) is 5.46. The number of aliphatic hydroxyl groups excluding tert-OH is 1. The highest BCUT2D eigenvalue weighted by Gasteiger charge is 2.45. The van der Waals surface area contributed by atoms with Crippen molar-refractivity contribution in [3.63, 3.8) is 0 Å². The Hall–Kier alpha value is -1.92. The molecule has 3 nitrogen and oxygen atoms in total. The first-order valence-electron chi connectivity index (χ1n) is 7.62. The molecule has 0 saturated heterocycles. The number of nitrogens with zero attached hydrogens (tertiary/aromatic N) is 2. The third kappa shape index (κ3) is 2.41. The van der Waals surface area contributed by atoms with E-state index in [2.05, 4.69) is 18.0 Å². The van der Waals surface area contributed by atoms with Crippen LogP contribution in [0.25, 0.3) is 10.9 Å². The van der Waals surface area contributed by atoms with E-state index < -0.39 is 11.5 Å². The molecule has 3 heteroatoms. The van der Waals surface area contributed by atoms with Crippen LogP contribution in [0.15, 0.2) is 36.5 Å². The van der Waals surface area contributed by atoms with Crippen LogP contribution in [0.3, 0.4) is 0 Å². The predicted octanol–water partition coefficient (Wildman–Crippen LogP) is 3.99. The molecule has 3 rings (SSSR count). The van der Waals surface area contributed by atoms with Gasteiger partial charge in [-0.25, -0.2) is 0 Å². The molecule has 1 heterocycles. The van der Waals surface area contributed by atoms with Gasteiger partial charge in [0, 0.05) is 11.6 Å². The summed E-state index contributed by atoms with van der Waals surface area (Å²) in [6.45, 7) is 2.16. The highest BCUT2D eigenvalue weighted by Crippen LogP contribution is 2.50. The van der Waals surface area contributed by atoms with E-state index in [9.17, 15) is 10.4 Å². The van der Waals surface area contributed by atoms with Gasteiger partial charge in [0.05, 0.1) is 23.1 Å². The molecule has 3 unspecified atom stereocenters. The molecule has 3 atom stereocenters. The Labute approximate surface area is 125 Å². The maximum Gasteiger partial charge on any atom is 0.0976 e. The first-order valence-corrected chi connectivity index (χ1v) is 7.62. The molecule has 1 aliphatic rings. The van der Waals surface area contributed by atoms with Crippen molar-refractivity contribution in [3.05, 3.63) is 42.1 Å². The van der Waals surface area contributed by atoms with Crippen LogP contribution in [0.1, 0.15) is 44.3 Å². The molecule has 1 aromatic carbocycles. The molecule has 1 aliphatic carbocycles. The van der Waals surface area contributed by atoms with E-state index in [1.807, 2.05) is 30.3 Å². The van der Waals surface area contributed by atoms with Gasteiger partial charge in [0.1, 0.15) is 0 Å². The molecule has 2 aromatic rings. The van der Waals surface area contributed by atoms with E-state index in [0.29, 0.717) is 5.92 Å². The van der Waals surface area contributed by atoms with E-state index in [4.69, 9.17) is 0 Å². The Kier molecular flexibility index (Phi) is 3.65. The van der Waals surface area contributed by atoms with Crippen molar-refractivity contribution in [1.82, 2.24) is 4.98 Å². The van der Waals surface area contributed by atoms with Crippen LogP contribution in [0.2, 0.25) is 0 Å². The molecule has 0 amide bonds. The average Bonchev–Trinajstić information content (AvgIpc) is 2.98. The van der Waals surface area contributed by atoms with Crippen molar-refractivity contribution in [2.24, 2.45) is 11.3 Å². The van der Waals surface area contributed by atoms with E-state index in [0.717, 1.165) is 42.1 Å². The smallest absolute Gasteiger partial charge is 0.0976 e. The summed E-state index contributed by atoms with van der Waals surface area (Å²) in [5.74, 6) is 0.557. The Morgan fingerprint density at radius 2 is 2.33 bits per heavy atom. The molecule has 0 spiro atoms. The van der Waals surface area contributed by atoms with Crippen LogP contribution in [-0.2, 0) is 0 Å². The molecule has 1 fully saturated rings. The van der Waals surface area contributed by atoms with Gasteiger partial charge < -0.3 is 5.11 Å². The van der Waals surface area contributed by atoms with Gasteiger partial charge in [-0.15, -0.1) is 0 Å². The minimum Gasteiger partial charge on any atom is -0.387 e. The topological polar surface area (TPSA) is 56.9 Å². The van der Waals surface area contributed by atoms with Gasteiger partial charge in [-0.05, 0) is 48.9 Å². The number of fused-ring (bicyclic) bond motifs is 1. The van der Waals surface area contributed by atoms with Crippen molar-refractivity contribution in [2.75, 3.05) is 0 Å². The summed E-state index contributed by atoms with van der Waals surface area (Å²) in [6.07, 6.45) is 4.75. The molecule has 108 valence electrons. The van der Waals surface area contributed by atoms with Crippen LogP contribution in [0.5, 0.6) is 0 Å². The zero-order chi connectivity index (χ0) is 14.9. The lowest BCUT2D eigenvalue weighted by molar-refractivity contribution is 0.0642. The van der Waals surface area contributed by atoms with Gasteiger partial charge in [-0.2, -0.15) is 5.26 Å². The molecule has 0 bridgehead atoms. The molecule has 1 N–H and O–H groups in total. The third-order valence-electron chi connectivity index (χ3n) is 4.92. The van der Waals surface area contributed by atoms with E-state index in [1.54, 1.807) is 6.20 Å². The molecule has 21 heavy (non-hydrogen) atoms. The number of hydrogen-bond acceptors (Lipinski definition) is 3. The summed E-state index contributed by atoms with van der Waals surface area (Å²) in [4.78, 5) is 4.30. The lowest BCUT2D eigenvalue weighted by Crippen LogP contribution is -2.24. The maximum absolute atomic E-state index is 10.8. The van der Waals surface area contributed by atoms with Gasteiger partial charge in [0.2, 0.25) is 0 Å². The second-order valence-electron chi connectivity index (χ2n) is 6.14. The number of pyridine rings is 1. The first-order chi connectivity index (χ1) is 10.2. The number of aliphatic hydroxyl groups is 1. The van der Waals surface area contributed by atoms with Gasteiger partial charge in [-0.3, -0.25) is 4.98 Å². The van der Waals surface area contributed by atoms with Gasteiger partial charge in [0.25, 0.3) is 0 Å². The predicted molar refractivity (Wildman–Crippen MR) is 82.4 cm³/mol. The Morgan fingerprint density at radius 3 is 3.05 bits per heavy atom. The normalized spacial score (nSPS) is 26.6. The van der Waals surface area contributed by atoms with Gasteiger partial charge in [-0.1, -0.05) is 25.5 Å². The van der Waals surface area contributed by atoms with Gasteiger partial charge >= 0.3 is 0 Å². The average molecular weight is 280 g/mol. The standard InChI is InChI=1S/C18H20N2O/c1-2-13-7-8-18(11-13,12-19)17(21)15-5-6-16-14(10-15)4-3-9-20-16/h3-6,9-10,13,17,21H,2,7-8,11H2,1H3. The summed E-state index contributed by atoms with van der Waals surface area (Å²) < 4.78 is 0. The monoisotopic (exact) mass is 280 g/mol. The largest absolute Gasteiger partial charge is 0.387 e. The lowest BCUT2D eigenvalue weighted by Gasteiger charge is -2.28. The summed E-state index contributed by atoms with van der Waals surface area (Å²) in [6, 6.07) is 12.1. The second-order valence-corrected chi connectivity index (χ2v) is 6.14. The molecule has 0 aliphatic heterocycles. The van der Waals surface area contributed by atoms with Crippen molar-refractivity contribution in [2.45, 2.75) is 38.7 Å². The molecule has 0 radical (unpaired) electrons. The highest BCUT2D eigenvalue weighted by molar-refractivity contribution is 5.79. The van der Waals surface area contributed by atoms with Crippen LogP contribution in [0, 0.1) is 22.7 Å². The fraction of sp³-hybridized carbons (Fsp3) is 0.444. The summed E-state index contributed by atoms with van der Waals surface area (Å²) >= 11 is 0. The van der Waals surface area contributed by atoms with Crippen molar-refractivity contribution in [1.29, 1.82) is 5.26 Å². The minimum absolute atomic E-state index is 0.557. The zero-order valence-corrected chi connectivity index (χ0v) is 12.3. The zero-order valence-electron chi connectivity index (χ0n) is 12.3. The fourth-order valence-corrected chi connectivity index (χ4v) is 3.52. The Morgan fingerprint density at radius 1 is 1.48 bits per heavy atom. The summed E-state index contributed by atoms with van der Waals surface area (Å²) in [5, 5.41) is 21.5. The number of aromatic nitrogens is 1. The van der Waals surface area contributed by atoms with E-state index in [-0.39, 0.29) is 0 Å². The fourth-order valence-electron chi connectivity index (χ4n) is 3.52. The lowest BCUT2D eigenvalue weighted by atomic mass is 9.77. The van der Waals surface area contributed by atoms with Crippen LogP contribution in [-0.4, -0.2) is 10.1 Å².